The van der Waals surface area contributed by atoms with Crippen LogP contribution in [0, 0.1) is 5.92 Å². The first kappa shape index (κ1) is 16.3. The quantitative estimate of drug-likeness (QED) is 0.834. The molecule has 23 heavy (non-hydrogen) atoms. The molecular formula is C16H19ClN4OS. The van der Waals surface area contributed by atoms with Crippen LogP contribution in [-0.2, 0) is 17.6 Å². The summed E-state index contributed by atoms with van der Waals surface area (Å²) in [6, 6.07) is 7.69. The molecule has 1 fully saturated rings. The maximum Gasteiger partial charge on any atom is 0.230 e. The Morgan fingerprint density at radius 1 is 1.48 bits per heavy atom. The maximum absolute atomic E-state index is 12.2. The Balaban J connectivity index is 1.52. The van der Waals surface area contributed by atoms with Crippen molar-refractivity contribution in [2.75, 3.05) is 5.75 Å². The lowest BCUT2D eigenvalue weighted by molar-refractivity contribution is -0.119. The first-order valence-electron chi connectivity index (χ1n) is 7.59. The van der Waals surface area contributed by atoms with Gasteiger partial charge in [-0.2, -0.15) is 5.10 Å². The van der Waals surface area contributed by atoms with Gasteiger partial charge in [-0.15, -0.1) is 11.8 Å². The molecule has 2 aromatic rings. The van der Waals surface area contributed by atoms with Crippen LogP contribution >= 0.6 is 23.4 Å². The van der Waals surface area contributed by atoms with E-state index in [2.05, 4.69) is 15.4 Å². The van der Waals surface area contributed by atoms with E-state index in [-0.39, 0.29) is 11.9 Å². The van der Waals surface area contributed by atoms with E-state index in [1.165, 1.54) is 6.33 Å². The average Bonchev–Trinajstić information content (AvgIpc) is 3.29. The van der Waals surface area contributed by atoms with Crippen LogP contribution in [-0.4, -0.2) is 26.4 Å². The van der Waals surface area contributed by atoms with Crippen LogP contribution in [0.2, 0.25) is 5.02 Å². The lowest BCUT2D eigenvalue weighted by Crippen LogP contribution is -2.33. The predicted molar refractivity (Wildman–Crippen MR) is 92.2 cm³/mol. The molecule has 122 valence electrons. The zero-order chi connectivity index (χ0) is 16.2. The molecule has 1 aliphatic carbocycles. The zero-order valence-electron chi connectivity index (χ0n) is 12.9. The van der Waals surface area contributed by atoms with Gasteiger partial charge in [0.1, 0.15) is 12.2 Å². The predicted octanol–water partition coefficient (Wildman–Crippen LogP) is 2.97. The summed E-state index contributed by atoms with van der Waals surface area (Å²) < 4.78 is 1.74. The number of hydrogen-bond acceptors (Lipinski definition) is 4. The molecule has 3 rings (SSSR count). The Labute approximate surface area is 144 Å². The zero-order valence-corrected chi connectivity index (χ0v) is 14.5. The second-order valence-electron chi connectivity index (χ2n) is 5.71. The summed E-state index contributed by atoms with van der Waals surface area (Å²) in [7, 11) is 1.86. The minimum atomic E-state index is -0.0316. The van der Waals surface area contributed by atoms with Crippen LogP contribution in [0.5, 0.6) is 0 Å². The molecule has 0 radical (unpaired) electrons. The summed E-state index contributed by atoms with van der Waals surface area (Å²) in [5.74, 6) is 2.48. The standard InChI is InChI=1S/C16H19ClN4OS/c1-21-16(18-10-19-21)15(11-6-7-11)20-14(22)9-23-8-12-4-2-3-5-13(12)17/h2-5,10-11,15H,6-9H2,1H3,(H,20,22). The number of halogens is 1. The molecule has 0 spiro atoms. The number of nitrogens with one attached hydrogen (secondary N) is 1. The largest absolute Gasteiger partial charge is 0.345 e. The van der Waals surface area contributed by atoms with Crippen LogP contribution in [0.1, 0.15) is 30.3 Å². The van der Waals surface area contributed by atoms with Gasteiger partial charge in [0.05, 0.1) is 11.8 Å². The molecule has 1 amide bonds. The van der Waals surface area contributed by atoms with Gasteiger partial charge in [0.15, 0.2) is 0 Å². The van der Waals surface area contributed by atoms with Gasteiger partial charge in [-0.25, -0.2) is 4.98 Å². The molecule has 0 bridgehead atoms. The summed E-state index contributed by atoms with van der Waals surface area (Å²) in [5.41, 5.74) is 1.05. The van der Waals surface area contributed by atoms with Crippen molar-refractivity contribution in [2.45, 2.75) is 24.6 Å². The third-order valence-electron chi connectivity index (χ3n) is 3.88. The summed E-state index contributed by atoms with van der Waals surface area (Å²) >= 11 is 7.69. The van der Waals surface area contributed by atoms with Crippen LogP contribution in [0.4, 0.5) is 0 Å². The molecule has 5 nitrogen and oxygen atoms in total. The second kappa shape index (κ2) is 7.36. The lowest BCUT2D eigenvalue weighted by Gasteiger charge is -2.17. The molecule has 1 saturated carbocycles. The van der Waals surface area contributed by atoms with Crippen LogP contribution in [0.25, 0.3) is 0 Å². The van der Waals surface area contributed by atoms with Crippen molar-refractivity contribution >= 4 is 29.3 Å². The number of benzene rings is 1. The van der Waals surface area contributed by atoms with E-state index in [0.29, 0.717) is 11.7 Å². The number of amides is 1. The Hall–Kier alpha value is -1.53. The van der Waals surface area contributed by atoms with Crippen molar-refractivity contribution in [1.82, 2.24) is 20.1 Å². The highest BCUT2D eigenvalue weighted by Crippen LogP contribution is 2.40. The molecule has 1 N–H and O–H groups in total. The van der Waals surface area contributed by atoms with Crippen molar-refractivity contribution in [3.05, 3.63) is 47.0 Å². The number of carbonyl (C=O) groups excluding carboxylic acids is 1. The molecule has 0 aliphatic heterocycles. The van der Waals surface area contributed by atoms with E-state index < -0.39 is 0 Å². The third-order valence-corrected chi connectivity index (χ3v) is 5.23. The normalized spacial score (nSPS) is 15.4. The fourth-order valence-electron chi connectivity index (χ4n) is 2.49. The highest BCUT2D eigenvalue weighted by Gasteiger charge is 2.35. The molecule has 0 saturated heterocycles. The van der Waals surface area contributed by atoms with E-state index in [1.54, 1.807) is 16.4 Å². The number of thioether (sulfide) groups is 1. The number of rotatable bonds is 7. The van der Waals surface area contributed by atoms with E-state index in [9.17, 15) is 4.79 Å². The van der Waals surface area contributed by atoms with Gasteiger partial charge in [-0.1, -0.05) is 29.8 Å². The Morgan fingerprint density at radius 3 is 2.91 bits per heavy atom. The Kier molecular flexibility index (Phi) is 5.23. The van der Waals surface area contributed by atoms with Crippen LogP contribution < -0.4 is 5.32 Å². The number of aryl methyl sites for hydroxylation is 1. The Morgan fingerprint density at radius 2 is 2.26 bits per heavy atom. The van der Waals surface area contributed by atoms with Crippen LogP contribution in [0.15, 0.2) is 30.6 Å². The Bertz CT molecular complexity index is 686. The van der Waals surface area contributed by atoms with E-state index in [1.807, 2.05) is 31.3 Å². The van der Waals surface area contributed by atoms with Gasteiger partial charge in [0.25, 0.3) is 0 Å². The maximum atomic E-state index is 12.2. The number of nitrogens with zero attached hydrogens (tertiary/aromatic N) is 3. The van der Waals surface area contributed by atoms with Crippen molar-refractivity contribution < 1.29 is 4.79 Å². The highest BCUT2D eigenvalue weighted by atomic mass is 35.5. The van der Waals surface area contributed by atoms with Crippen molar-refractivity contribution in [2.24, 2.45) is 13.0 Å². The molecule has 1 aromatic carbocycles. The number of carbonyl (C=O) groups is 1. The van der Waals surface area contributed by atoms with Crippen molar-refractivity contribution in [3.8, 4) is 0 Å². The first-order chi connectivity index (χ1) is 11.1. The minimum Gasteiger partial charge on any atom is -0.345 e. The first-order valence-corrected chi connectivity index (χ1v) is 9.13. The molecule has 1 aromatic heterocycles. The summed E-state index contributed by atoms with van der Waals surface area (Å²) in [5, 5.41) is 7.95. The monoisotopic (exact) mass is 350 g/mol. The molecule has 1 unspecified atom stereocenters. The molecule has 1 atom stereocenters. The van der Waals surface area contributed by atoms with Gasteiger partial charge in [0, 0.05) is 17.8 Å². The lowest BCUT2D eigenvalue weighted by atomic mass is 10.1. The summed E-state index contributed by atoms with van der Waals surface area (Å²) in [4.78, 5) is 16.5. The van der Waals surface area contributed by atoms with Gasteiger partial charge in [0.2, 0.25) is 5.91 Å². The fourth-order valence-corrected chi connectivity index (χ4v) is 3.62. The molecule has 7 heteroatoms. The van der Waals surface area contributed by atoms with Crippen molar-refractivity contribution in [3.63, 3.8) is 0 Å². The summed E-state index contributed by atoms with van der Waals surface area (Å²) in [6.07, 6.45) is 3.79. The van der Waals surface area contributed by atoms with Gasteiger partial charge in [-0.05, 0) is 30.4 Å². The van der Waals surface area contributed by atoms with E-state index in [4.69, 9.17) is 11.6 Å². The highest BCUT2D eigenvalue weighted by molar-refractivity contribution is 7.99. The smallest absolute Gasteiger partial charge is 0.230 e. The van der Waals surface area contributed by atoms with Gasteiger partial charge in [-0.3, -0.25) is 9.48 Å². The fraction of sp³-hybridized carbons (Fsp3) is 0.438. The minimum absolute atomic E-state index is 0.0296. The number of hydrogen-bond donors (Lipinski definition) is 1. The molecular weight excluding hydrogens is 332 g/mol. The van der Waals surface area contributed by atoms with Gasteiger partial charge < -0.3 is 5.32 Å². The third kappa shape index (κ3) is 4.26. The molecule has 1 heterocycles. The average molecular weight is 351 g/mol. The van der Waals surface area contributed by atoms with Crippen molar-refractivity contribution in [1.29, 1.82) is 0 Å². The van der Waals surface area contributed by atoms with Gasteiger partial charge >= 0.3 is 0 Å². The topological polar surface area (TPSA) is 59.8 Å². The van der Waals surface area contributed by atoms with Crippen LogP contribution in [0.3, 0.4) is 0 Å². The molecule has 1 aliphatic rings. The SMILES string of the molecule is Cn1ncnc1C(NC(=O)CSCc1ccccc1Cl)C1CC1. The van der Waals surface area contributed by atoms with E-state index in [0.717, 1.165) is 35.0 Å². The van der Waals surface area contributed by atoms with E-state index >= 15 is 0 Å². The summed E-state index contributed by atoms with van der Waals surface area (Å²) in [6.45, 7) is 0. The second-order valence-corrected chi connectivity index (χ2v) is 7.10. The number of aromatic nitrogens is 3.